The number of aliphatic hydroxyl groups is 5. The van der Waals surface area contributed by atoms with E-state index in [0.717, 1.165) is 12.8 Å². The Hall–Kier alpha value is -5.26. The first-order valence-corrected chi connectivity index (χ1v) is 22.1. The lowest BCUT2D eigenvalue weighted by atomic mass is 9.69. The van der Waals surface area contributed by atoms with E-state index in [0.29, 0.717) is 30.9 Å². The van der Waals surface area contributed by atoms with Crippen molar-refractivity contribution in [3.63, 3.8) is 0 Å². The van der Waals surface area contributed by atoms with Crippen LogP contribution in [0.1, 0.15) is 78.7 Å². The zero-order valence-corrected chi connectivity index (χ0v) is 37.7. The average Bonchev–Trinajstić information content (AvgIpc) is 3.63. The van der Waals surface area contributed by atoms with Gasteiger partial charge in [0.2, 0.25) is 5.43 Å². The smallest absolute Gasteiger partial charge is 0.306 e. The molecule has 16 nitrogen and oxygen atoms in total. The number of ether oxygens (including phenoxy) is 3. The highest BCUT2D eigenvalue weighted by Crippen LogP contribution is 2.56. The third kappa shape index (κ3) is 7.46. The van der Waals surface area contributed by atoms with E-state index in [2.05, 4.69) is 22.2 Å². The van der Waals surface area contributed by atoms with Gasteiger partial charge in [0, 0.05) is 91.8 Å². The number of amides is 1. The van der Waals surface area contributed by atoms with E-state index < -0.39 is 94.3 Å². The van der Waals surface area contributed by atoms with Crippen LogP contribution in [0.15, 0.2) is 85.9 Å². The van der Waals surface area contributed by atoms with Gasteiger partial charge in [-0.3, -0.25) is 19.3 Å². The molecule has 0 aromatic carbocycles. The van der Waals surface area contributed by atoms with Gasteiger partial charge in [0.25, 0.3) is 5.91 Å². The number of aromatic nitrogens is 1. The zero-order chi connectivity index (χ0) is 46.3. The highest BCUT2D eigenvalue weighted by Gasteiger charge is 2.58. The number of hydrogen-bond acceptors (Lipinski definition) is 15. The van der Waals surface area contributed by atoms with Crippen LogP contribution in [-0.4, -0.2) is 117 Å². The average molecular weight is 885 g/mol. The van der Waals surface area contributed by atoms with Crippen LogP contribution in [-0.2, 0) is 23.8 Å². The summed E-state index contributed by atoms with van der Waals surface area (Å²) in [5, 5.41) is 61.2. The Bertz CT molecular complexity index is 2440. The molecule has 1 amide bonds. The number of anilines is 1. The van der Waals surface area contributed by atoms with Crippen LogP contribution in [0.4, 0.5) is 5.69 Å². The van der Waals surface area contributed by atoms with Gasteiger partial charge in [-0.1, -0.05) is 45.9 Å². The van der Waals surface area contributed by atoms with E-state index in [4.69, 9.17) is 23.6 Å². The molecule has 0 saturated carbocycles. The van der Waals surface area contributed by atoms with E-state index in [-0.39, 0.29) is 51.1 Å². The Balaban J connectivity index is 1.28. The molecule has 0 aromatic heterocycles. The normalized spacial score (nSPS) is 38.1. The molecule has 3 aliphatic carbocycles. The fraction of sp³-hybridized carbons (Fsp3) is 0.542. The van der Waals surface area contributed by atoms with Crippen LogP contribution in [0, 0.1) is 29.6 Å². The van der Waals surface area contributed by atoms with Crippen molar-refractivity contribution in [2.75, 3.05) is 32.1 Å². The highest BCUT2D eigenvalue weighted by atomic mass is 16.7. The molecule has 16 heteroatoms. The topological polar surface area (TPSA) is 225 Å². The predicted octanol–water partition coefficient (Wildman–Crippen LogP) is 4.58. The molecule has 0 radical (unpaired) electrons. The van der Waals surface area contributed by atoms with Gasteiger partial charge in [0.15, 0.2) is 28.8 Å². The summed E-state index contributed by atoms with van der Waals surface area (Å²) in [6.07, 6.45) is 5.71. The van der Waals surface area contributed by atoms with Gasteiger partial charge in [-0.15, -0.1) is 0 Å². The molecule has 6 bridgehead atoms. The molecule has 6 N–H and O–H groups in total. The van der Waals surface area contributed by atoms with Crippen molar-refractivity contribution < 1.29 is 53.7 Å². The molecule has 64 heavy (non-hydrogen) atoms. The monoisotopic (exact) mass is 884 g/mol. The number of ketones is 1. The largest absolute Gasteiger partial charge is 0.509 e. The first kappa shape index (κ1) is 45.3. The van der Waals surface area contributed by atoms with Gasteiger partial charge in [0.1, 0.15) is 17.2 Å². The van der Waals surface area contributed by atoms with Crippen molar-refractivity contribution in [1.82, 2.24) is 15.2 Å². The Morgan fingerprint density at radius 3 is 2.23 bits per heavy atom. The molecule has 13 atom stereocenters. The number of Topliss-reactive ketones (excluding diaryl/α,β-unsaturated/α-hetero) is 1. The molecule has 344 valence electrons. The van der Waals surface area contributed by atoms with Gasteiger partial charge in [-0.2, -0.15) is 0 Å². The molecule has 5 heterocycles. The van der Waals surface area contributed by atoms with Crippen molar-refractivity contribution in [2.45, 2.75) is 110 Å². The minimum absolute atomic E-state index is 0.00266. The summed E-state index contributed by atoms with van der Waals surface area (Å²) in [5.41, 5.74) is 0.256. The second kappa shape index (κ2) is 16.9. The van der Waals surface area contributed by atoms with Crippen molar-refractivity contribution in [3.05, 3.63) is 98.4 Å². The first-order valence-electron chi connectivity index (χ1n) is 22.1. The molecule has 0 spiro atoms. The van der Waals surface area contributed by atoms with Crippen LogP contribution in [0.3, 0.4) is 0 Å². The summed E-state index contributed by atoms with van der Waals surface area (Å²) in [7, 11) is 3.57. The predicted molar refractivity (Wildman–Crippen MR) is 236 cm³/mol. The fourth-order valence-electron chi connectivity index (χ4n) is 10.4. The number of allylic oxidation sites excluding steroid dienone is 5. The summed E-state index contributed by atoms with van der Waals surface area (Å²) >= 11 is 0. The Labute approximate surface area is 372 Å². The molecule has 2 fully saturated rings. The quantitative estimate of drug-likeness (QED) is 0.243. The number of hydrogen-bond donors (Lipinski definition) is 6. The SMILES string of the molecule is CO[C@H]1/C=C/O[C@@]2(C)OC3=C(C)C(=O)C4C(O)=C(NC(=O)/C(C)=C\C=C\[C@H](C)[C@H](O)[C@@H](C)[C@@H](O)[C@@H](C)[C@H](O)[C@@H]1C)c1oc5cc(N6CC7CCC(C6)N7C)cc(=O)c-5nc1C4C3=C2O. The standard InChI is InChI=1S/C48H60N4O12/c1-21-11-10-12-22(2)47(60)50-38-43(58)34-33(37-45(38)63-32-18-29(17-30(53)36(32)49-37)52-19-27-13-14-28(20-52)51(27)8)35-44(26(6)42(34)57)64-48(7,46(35)59)62-16-15-31(61-9)23(3)40(55)25(5)41(56)24(4)39(21)54/h10-12,15-18,21,23-25,27-28,31,33-34,39-41,54-56,58-59H,13-14,19-20H2,1-9H3,(H,50,60)/b11-10+,16-15+,22-12-/t21-,23+,24+,25-,27?,28?,31-,33?,34?,39-,40+,41+,48-/m0/s1. The third-order valence-corrected chi connectivity index (χ3v) is 14.8. The number of piperazine rings is 1. The maximum atomic E-state index is 14.5. The minimum Gasteiger partial charge on any atom is -0.509 e. The number of nitrogens with one attached hydrogen (secondary N) is 1. The van der Waals surface area contributed by atoms with Crippen LogP contribution in [0.25, 0.3) is 17.2 Å². The van der Waals surface area contributed by atoms with Crippen LogP contribution in [0.5, 0.6) is 0 Å². The first-order chi connectivity index (χ1) is 30.3. The van der Waals surface area contributed by atoms with Crippen LogP contribution < -0.4 is 15.6 Å². The summed E-state index contributed by atoms with van der Waals surface area (Å²) in [6.45, 7) is 12.8. The molecule has 8 rings (SSSR count). The summed E-state index contributed by atoms with van der Waals surface area (Å²) in [4.78, 5) is 51.9. The number of fused-ring (bicyclic) bond motifs is 4. The number of likely N-dealkylation sites (N-methyl/N-ethyl adjacent to an activating group) is 1. The number of carbonyl (C=O) groups is 2. The van der Waals surface area contributed by atoms with Gasteiger partial charge in [-0.25, -0.2) is 4.98 Å². The third-order valence-electron chi connectivity index (χ3n) is 14.8. The van der Waals surface area contributed by atoms with Gasteiger partial charge < -0.3 is 54.4 Å². The van der Waals surface area contributed by atoms with E-state index >= 15 is 0 Å². The minimum atomic E-state index is -1.92. The number of nitrogens with zero attached hydrogens (tertiary/aromatic N) is 3. The van der Waals surface area contributed by atoms with Crippen LogP contribution >= 0.6 is 0 Å². The molecule has 0 aromatic rings. The number of benzene rings is 1. The van der Waals surface area contributed by atoms with Gasteiger partial charge in [0.05, 0.1) is 53.8 Å². The Morgan fingerprint density at radius 2 is 1.56 bits per heavy atom. The van der Waals surface area contributed by atoms with E-state index in [1.54, 1.807) is 52.8 Å². The summed E-state index contributed by atoms with van der Waals surface area (Å²) in [5.74, 6) is -9.32. The number of aliphatic hydroxyl groups excluding tert-OH is 5. The van der Waals surface area contributed by atoms with Gasteiger partial charge in [-0.05, 0) is 39.8 Å². The fourth-order valence-corrected chi connectivity index (χ4v) is 10.4. The lowest BCUT2D eigenvalue weighted by Crippen LogP contribution is -2.52. The second-order valence-electron chi connectivity index (χ2n) is 18.8. The lowest BCUT2D eigenvalue weighted by Gasteiger charge is -2.40. The maximum Gasteiger partial charge on any atom is 0.306 e. The number of rotatable bonds is 2. The summed E-state index contributed by atoms with van der Waals surface area (Å²) in [6, 6.07) is 3.91. The molecular formula is C48H60N4O12. The van der Waals surface area contributed by atoms with Crippen molar-refractivity contribution in [3.8, 4) is 11.5 Å². The summed E-state index contributed by atoms with van der Waals surface area (Å²) < 4.78 is 24.7. The van der Waals surface area contributed by atoms with E-state index in [9.17, 15) is 39.9 Å². The highest BCUT2D eigenvalue weighted by molar-refractivity contribution is 6.05. The molecule has 5 aliphatic heterocycles. The lowest BCUT2D eigenvalue weighted by molar-refractivity contribution is -0.146. The molecule has 4 unspecified atom stereocenters. The van der Waals surface area contributed by atoms with E-state index in [1.807, 2.05) is 0 Å². The maximum absolute atomic E-state index is 14.5. The molecule has 8 aliphatic rings. The van der Waals surface area contributed by atoms with E-state index in [1.165, 1.54) is 45.4 Å². The molecular weight excluding hydrogens is 825 g/mol. The van der Waals surface area contributed by atoms with Crippen molar-refractivity contribution >= 4 is 23.1 Å². The molecule has 2 saturated heterocycles. The Kier molecular flexibility index (Phi) is 12.0. The van der Waals surface area contributed by atoms with Crippen LogP contribution in [0.2, 0.25) is 0 Å². The zero-order valence-electron chi connectivity index (χ0n) is 37.7. The van der Waals surface area contributed by atoms with Gasteiger partial charge >= 0.3 is 5.79 Å². The number of methoxy groups -OCH3 is 1. The van der Waals surface area contributed by atoms with Crippen molar-refractivity contribution in [1.29, 1.82) is 0 Å². The number of carbonyl (C=O) groups excluding carboxylic acids is 2. The van der Waals surface area contributed by atoms with Crippen molar-refractivity contribution in [2.24, 2.45) is 29.6 Å². The second-order valence-corrected chi connectivity index (χ2v) is 18.8. The Morgan fingerprint density at radius 1 is 0.906 bits per heavy atom.